The molecule has 31 heavy (non-hydrogen) atoms. The van der Waals surface area contributed by atoms with Crippen molar-refractivity contribution in [2.24, 2.45) is 0 Å². The van der Waals surface area contributed by atoms with Crippen molar-refractivity contribution in [3.63, 3.8) is 0 Å². The van der Waals surface area contributed by atoms with Crippen LogP contribution in [0.4, 0.5) is 0 Å². The van der Waals surface area contributed by atoms with Crippen LogP contribution in [0.25, 0.3) is 39.9 Å². The smallest absolute Gasteiger partial charge is 0.334 e. The molecule has 7 heteroatoms. The van der Waals surface area contributed by atoms with Crippen molar-refractivity contribution in [2.45, 2.75) is 13.8 Å². The van der Waals surface area contributed by atoms with Crippen molar-refractivity contribution in [1.29, 1.82) is 0 Å². The minimum atomic E-state index is -0.596. The first kappa shape index (κ1) is 18.7. The molecule has 3 aromatic carbocycles. The van der Waals surface area contributed by atoms with Gasteiger partial charge in [0.15, 0.2) is 5.82 Å². The molecule has 0 fully saturated rings. The second-order valence-electron chi connectivity index (χ2n) is 7.28. The van der Waals surface area contributed by atoms with Crippen LogP contribution in [0.15, 0.2) is 86.6 Å². The van der Waals surface area contributed by atoms with E-state index in [0.29, 0.717) is 28.8 Å². The monoisotopic (exact) mass is 410 g/mol. The van der Waals surface area contributed by atoms with Gasteiger partial charge >= 0.3 is 5.76 Å². The average molecular weight is 410 g/mol. The summed E-state index contributed by atoms with van der Waals surface area (Å²) < 4.78 is 12.0. The first-order valence-corrected chi connectivity index (χ1v) is 9.76. The standard InChI is InChI=1S/C24H18N4O3/c1-15-7-11-17(12-8-15)21-25-23(30-26-21)19-5-3-4-6-20(19)28-22(27-31-24(28)29)18-13-9-16(2)10-14-18/h3-14H,1-2H3. The fourth-order valence-corrected chi connectivity index (χ4v) is 3.35. The van der Waals surface area contributed by atoms with Gasteiger partial charge in [0.1, 0.15) is 0 Å². The van der Waals surface area contributed by atoms with E-state index in [0.717, 1.165) is 22.3 Å². The summed E-state index contributed by atoms with van der Waals surface area (Å²) in [6.07, 6.45) is 0. The normalized spacial score (nSPS) is 11.0. The van der Waals surface area contributed by atoms with Crippen LogP contribution in [0.2, 0.25) is 0 Å². The summed E-state index contributed by atoms with van der Waals surface area (Å²) in [4.78, 5) is 17.1. The number of para-hydroxylation sites is 1. The molecule has 0 N–H and O–H groups in total. The van der Waals surface area contributed by atoms with E-state index in [9.17, 15) is 4.79 Å². The number of nitrogens with zero attached hydrogens (tertiary/aromatic N) is 4. The average Bonchev–Trinajstić information content (AvgIpc) is 3.42. The Morgan fingerprint density at radius 3 is 2.10 bits per heavy atom. The van der Waals surface area contributed by atoms with E-state index >= 15 is 0 Å². The van der Waals surface area contributed by atoms with Gasteiger partial charge in [-0.15, -0.1) is 0 Å². The molecule has 0 aliphatic heterocycles. The highest BCUT2D eigenvalue weighted by Gasteiger charge is 2.21. The summed E-state index contributed by atoms with van der Waals surface area (Å²) in [7, 11) is 0. The first-order valence-electron chi connectivity index (χ1n) is 9.76. The molecule has 2 aromatic heterocycles. The second-order valence-corrected chi connectivity index (χ2v) is 7.28. The maximum Gasteiger partial charge on any atom is 0.446 e. The summed E-state index contributed by atoms with van der Waals surface area (Å²) >= 11 is 0. The van der Waals surface area contributed by atoms with Crippen LogP contribution >= 0.6 is 0 Å². The third-order valence-corrected chi connectivity index (χ3v) is 5.03. The number of benzene rings is 3. The van der Waals surface area contributed by atoms with E-state index < -0.39 is 5.76 Å². The molecule has 0 saturated carbocycles. The van der Waals surface area contributed by atoms with Gasteiger partial charge in [0.2, 0.25) is 5.82 Å². The molecular weight excluding hydrogens is 392 g/mol. The van der Waals surface area contributed by atoms with Crippen LogP contribution < -0.4 is 5.76 Å². The Morgan fingerprint density at radius 1 is 0.742 bits per heavy atom. The highest BCUT2D eigenvalue weighted by atomic mass is 16.5. The molecule has 7 nitrogen and oxygen atoms in total. The zero-order valence-corrected chi connectivity index (χ0v) is 16.9. The van der Waals surface area contributed by atoms with Crippen LogP contribution in [0.1, 0.15) is 11.1 Å². The van der Waals surface area contributed by atoms with Gasteiger partial charge in [0, 0.05) is 11.1 Å². The zero-order valence-electron chi connectivity index (χ0n) is 16.9. The van der Waals surface area contributed by atoms with Gasteiger partial charge in [-0.05, 0) is 26.0 Å². The van der Waals surface area contributed by atoms with Gasteiger partial charge < -0.3 is 4.52 Å². The van der Waals surface area contributed by atoms with Crippen molar-refractivity contribution < 1.29 is 9.05 Å². The maximum absolute atomic E-state index is 12.6. The van der Waals surface area contributed by atoms with Gasteiger partial charge in [0.25, 0.3) is 5.89 Å². The van der Waals surface area contributed by atoms with E-state index in [1.165, 1.54) is 4.57 Å². The van der Waals surface area contributed by atoms with Crippen LogP contribution in [-0.4, -0.2) is 19.9 Å². The minimum Gasteiger partial charge on any atom is -0.334 e. The van der Waals surface area contributed by atoms with Gasteiger partial charge in [-0.3, -0.25) is 4.52 Å². The quantitative estimate of drug-likeness (QED) is 0.422. The zero-order chi connectivity index (χ0) is 21.4. The van der Waals surface area contributed by atoms with E-state index in [1.807, 2.05) is 80.6 Å². The summed E-state index contributed by atoms with van der Waals surface area (Å²) in [5.41, 5.74) is 5.01. The summed E-state index contributed by atoms with van der Waals surface area (Å²) in [6.45, 7) is 4.01. The minimum absolute atomic E-state index is 0.300. The van der Waals surface area contributed by atoms with E-state index in [-0.39, 0.29) is 0 Å². The predicted molar refractivity (Wildman–Crippen MR) is 116 cm³/mol. The molecule has 0 amide bonds. The molecule has 152 valence electrons. The van der Waals surface area contributed by atoms with E-state index in [1.54, 1.807) is 6.07 Å². The van der Waals surface area contributed by atoms with Crippen LogP contribution in [0.5, 0.6) is 0 Å². The molecule has 5 aromatic rings. The molecule has 0 radical (unpaired) electrons. The Kier molecular flexibility index (Phi) is 4.55. The molecule has 0 bridgehead atoms. The fourth-order valence-electron chi connectivity index (χ4n) is 3.35. The Bertz CT molecular complexity index is 1410. The SMILES string of the molecule is Cc1ccc(-c2noc(-c3ccccc3-n3c(-c4ccc(C)cc4)noc3=O)n2)cc1. The van der Waals surface area contributed by atoms with Crippen molar-refractivity contribution in [2.75, 3.05) is 0 Å². The third-order valence-electron chi connectivity index (χ3n) is 5.03. The lowest BCUT2D eigenvalue weighted by atomic mass is 10.1. The van der Waals surface area contributed by atoms with Crippen molar-refractivity contribution in [3.8, 4) is 39.9 Å². The molecular formula is C24H18N4O3. The first-order chi connectivity index (χ1) is 15.1. The maximum atomic E-state index is 12.6. The number of hydrogen-bond donors (Lipinski definition) is 0. The van der Waals surface area contributed by atoms with Gasteiger partial charge in [0.05, 0.1) is 11.3 Å². The highest BCUT2D eigenvalue weighted by Crippen LogP contribution is 2.29. The molecule has 0 spiro atoms. The Hall–Kier alpha value is -4.26. The van der Waals surface area contributed by atoms with Crippen molar-refractivity contribution in [3.05, 3.63) is 94.5 Å². The van der Waals surface area contributed by atoms with Crippen LogP contribution in [-0.2, 0) is 0 Å². The van der Waals surface area contributed by atoms with E-state index in [4.69, 9.17) is 9.05 Å². The molecule has 0 saturated heterocycles. The lowest BCUT2D eigenvalue weighted by Crippen LogP contribution is -2.14. The van der Waals surface area contributed by atoms with Gasteiger partial charge in [-0.25, -0.2) is 9.36 Å². The molecule has 5 rings (SSSR count). The second kappa shape index (κ2) is 7.53. The molecule has 0 unspecified atom stereocenters. The van der Waals surface area contributed by atoms with Crippen LogP contribution in [0.3, 0.4) is 0 Å². The van der Waals surface area contributed by atoms with Gasteiger partial charge in [-0.1, -0.05) is 82.1 Å². The van der Waals surface area contributed by atoms with Crippen molar-refractivity contribution >= 4 is 0 Å². The highest BCUT2D eigenvalue weighted by molar-refractivity contribution is 5.70. The summed E-state index contributed by atoms with van der Waals surface area (Å²) in [5, 5.41) is 8.11. The molecule has 0 aliphatic carbocycles. The van der Waals surface area contributed by atoms with Gasteiger partial charge in [-0.2, -0.15) is 4.98 Å². The Balaban J connectivity index is 1.62. The number of aromatic nitrogens is 4. The number of hydrogen-bond acceptors (Lipinski definition) is 6. The molecule has 2 heterocycles. The number of aryl methyl sites for hydroxylation is 2. The molecule has 0 atom stereocenters. The largest absolute Gasteiger partial charge is 0.446 e. The lowest BCUT2D eigenvalue weighted by Gasteiger charge is -2.08. The Morgan fingerprint density at radius 2 is 1.39 bits per heavy atom. The Labute approximate surface area is 177 Å². The van der Waals surface area contributed by atoms with E-state index in [2.05, 4.69) is 15.3 Å². The third kappa shape index (κ3) is 3.46. The number of rotatable bonds is 4. The molecule has 0 aliphatic rings. The fraction of sp³-hybridized carbons (Fsp3) is 0.0833. The topological polar surface area (TPSA) is 87.0 Å². The summed E-state index contributed by atoms with van der Waals surface area (Å²) in [6, 6.07) is 22.9. The van der Waals surface area contributed by atoms with Crippen molar-refractivity contribution in [1.82, 2.24) is 19.9 Å². The lowest BCUT2D eigenvalue weighted by molar-refractivity contribution is 0.383. The predicted octanol–water partition coefficient (Wildman–Crippen LogP) is 4.83. The van der Waals surface area contributed by atoms with Crippen LogP contribution in [0, 0.1) is 13.8 Å². The summed E-state index contributed by atoms with van der Waals surface area (Å²) in [5.74, 6) is 0.576.